The second-order valence-electron chi connectivity index (χ2n) is 23.5. The number of Topliss-reactive ketones (excluding diaryl/α,β-unsaturated/α-hetero) is 1. The molecule has 1 saturated heterocycles. The van der Waals surface area contributed by atoms with Crippen molar-refractivity contribution in [2.24, 2.45) is 16.5 Å². The molecule has 0 spiro atoms. The number of nitrogens with zero attached hydrogens (tertiary/aromatic N) is 3. The number of aryl methyl sites for hydroxylation is 2. The summed E-state index contributed by atoms with van der Waals surface area (Å²) < 4.78 is 38.4. The van der Waals surface area contributed by atoms with Gasteiger partial charge in [-0.1, -0.05) is 51.1 Å². The van der Waals surface area contributed by atoms with E-state index in [4.69, 9.17) is 26.2 Å². The number of H-pyrrole nitrogens is 2. The number of aromatic amines is 2. The van der Waals surface area contributed by atoms with Crippen LogP contribution in [0.1, 0.15) is 168 Å². The Hall–Kier alpha value is -7.42. The van der Waals surface area contributed by atoms with Crippen molar-refractivity contribution in [2.45, 2.75) is 154 Å². The number of ether oxygens (including phenoxy) is 1. The molecule has 95 heavy (non-hydrogen) atoms. The van der Waals surface area contributed by atoms with Crippen LogP contribution in [0, 0.1) is 13.8 Å². The number of fused-ring (bicyclic) bond motifs is 8. The third-order valence-electron chi connectivity index (χ3n) is 16.9. The van der Waals surface area contributed by atoms with Gasteiger partial charge in [0.2, 0.25) is 35.4 Å². The molecule has 29 nitrogen and oxygen atoms in total. The third-order valence-corrected chi connectivity index (χ3v) is 17.6. The minimum Gasteiger partial charge on any atom is -0.481 e. The quantitative estimate of drug-likeness (QED) is 0.00820. The summed E-state index contributed by atoms with van der Waals surface area (Å²) in [5, 5.41) is 27.9. The van der Waals surface area contributed by atoms with Crippen LogP contribution in [0.15, 0.2) is 53.5 Å². The molecule has 6 heterocycles. The maximum absolute atomic E-state index is 14.5. The number of esters is 1. The molecule has 7 amide bonds. The number of carboxylic acids is 1. The molecule has 8 bridgehead atoms. The van der Waals surface area contributed by atoms with E-state index in [2.05, 4.69) is 52.2 Å². The second kappa shape index (κ2) is 35.5. The molecule has 32 heteroatoms. The SMILES string of the molecule is CC[C@H]1c2cc3[nH]c(c(CC(=O)OC)c4nc(cc5[nH]c(cc(n2)[C@@H]1C)c(C(C)=O)c5C)[C@@H](C)[C@@H]4CC(=O)NCCCC[C@@H]1NC(=O)[C@@H](Cc2ccccc2)NC(=O)[C@H](CC(=O)O)NC(=O)CNC(=O)[C@H](CCCN=C(N)N)NC1=O)c(C(=O)NCCS(=O)(=O)O)c3C.[Cu+2].[K+]. The van der Waals surface area contributed by atoms with Gasteiger partial charge in [0.05, 0.1) is 54.5 Å². The van der Waals surface area contributed by atoms with E-state index in [-0.39, 0.29) is 172 Å². The Morgan fingerprint density at radius 2 is 1.32 bits per heavy atom. The summed E-state index contributed by atoms with van der Waals surface area (Å²) in [6, 6.07) is 8.13. The van der Waals surface area contributed by atoms with Crippen molar-refractivity contribution in [2.75, 3.05) is 39.0 Å². The number of carbonyl (C=O) groups is 10. The maximum atomic E-state index is 14.5. The van der Waals surface area contributed by atoms with Gasteiger partial charge in [0, 0.05) is 95.4 Å². The number of rotatable bonds is 23. The fourth-order valence-electron chi connectivity index (χ4n) is 11.9. The standard InChI is InChI=1S/C63H82N14O15S.Cu.K/c1-8-37-31(2)42-28-47-54(35(6)78)33(4)44(71-47)26-43-32(3)38(56(73-43)39(25-53(83)92-7)57-55(62(88)67-21-22-93(89,90)91)34(5)45(74-57)27-46(37)70-42)24-50(79)66-19-13-12-17-41-59(85)75-40(18-14-20-68-63(64)65)58(84)69-30-51(80)72-49(29-52(81)82)61(87)77-48(60(86)76-41)23-36-15-10-9-11-16-36;;/h9-11,15-16,26-28,31-32,37-38,40-41,48-49,71,74H,8,12-14,17-25,29-30H2,1-7H3,(H,66,79)(H,67,88)(H,69,84)(H,72,80)(H,75,85)(H,76,86)(H,77,87)(H,81,82)(H4,64,65,68)(H,89,90,91);;/q;+2;+1/t31-,32+,37-,38+,40+,41+,48-,49+;;/m1../s1. The zero-order valence-corrected chi connectivity index (χ0v) is 59.1. The van der Waals surface area contributed by atoms with Crippen LogP contribution in [0.5, 0.6) is 0 Å². The van der Waals surface area contributed by atoms with E-state index in [0.717, 1.165) is 0 Å². The first kappa shape index (κ1) is 78.3. The number of carboxylic acid groups (broad SMARTS) is 1. The van der Waals surface area contributed by atoms with Crippen molar-refractivity contribution in [1.29, 1.82) is 0 Å². The first-order valence-corrected chi connectivity index (χ1v) is 32.3. The summed E-state index contributed by atoms with van der Waals surface area (Å²) in [7, 11) is -3.31. The molecule has 1 radical (unpaired) electrons. The fraction of sp³-hybridized carbons (Fsp3) is 0.476. The molecule has 3 aromatic heterocycles. The summed E-state index contributed by atoms with van der Waals surface area (Å²) >= 11 is 0. The number of ketones is 1. The van der Waals surface area contributed by atoms with Crippen molar-refractivity contribution in [1.82, 2.24) is 57.2 Å². The zero-order chi connectivity index (χ0) is 68.0. The molecule has 0 saturated carbocycles. The average molecular weight is 1410 g/mol. The Balaban J connectivity index is 0.00000817. The van der Waals surface area contributed by atoms with E-state index in [1.165, 1.54) is 14.0 Å². The first-order valence-electron chi connectivity index (χ1n) is 30.7. The molecule has 0 aliphatic carbocycles. The number of carbonyl (C=O) groups excluding carboxylic acids is 9. The number of amides is 7. The van der Waals surface area contributed by atoms with Crippen molar-refractivity contribution in [3.8, 4) is 0 Å². The van der Waals surface area contributed by atoms with Gasteiger partial charge in [0.15, 0.2) is 11.7 Å². The van der Waals surface area contributed by atoms with Crippen molar-refractivity contribution in [3.05, 3.63) is 105 Å². The van der Waals surface area contributed by atoms with E-state index in [1.54, 1.807) is 56.3 Å². The van der Waals surface area contributed by atoms with Crippen molar-refractivity contribution >= 4 is 97.2 Å². The van der Waals surface area contributed by atoms with Gasteiger partial charge in [0.25, 0.3) is 16.0 Å². The largest absolute Gasteiger partial charge is 2.00 e. The van der Waals surface area contributed by atoms with Gasteiger partial charge in [-0.2, -0.15) is 8.42 Å². The Morgan fingerprint density at radius 3 is 1.96 bits per heavy atom. The smallest absolute Gasteiger partial charge is 0.481 e. The van der Waals surface area contributed by atoms with E-state index in [9.17, 15) is 66.0 Å². The molecule has 7 rings (SSSR count). The van der Waals surface area contributed by atoms with E-state index in [1.807, 2.05) is 26.8 Å². The van der Waals surface area contributed by atoms with Crippen LogP contribution in [0.4, 0.5) is 0 Å². The molecule has 1 aromatic carbocycles. The Kier molecular flexibility index (Phi) is 29.3. The molecule has 4 aromatic rings. The Bertz CT molecular complexity index is 3880. The summed E-state index contributed by atoms with van der Waals surface area (Å²) in [5.74, 6) is -10.7. The van der Waals surface area contributed by atoms with E-state index >= 15 is 0 Å². The number of benzene rings is 1. The minimum absolute atomic E-state index is 0. The number of nitrogens with two attached hydrogens (primary N) is 2. The predicted octanol–water partition coefficient (Wildman–Crippen LogP) is -0.830. The number of methoxy groups -OCH3 is 1. The van der Waals surface area contributed by atoms with Gasteiger partial charge in [-0.25, -0.2) is 0 Å². The summed E-state index contributed by atoms with van der Waals surface area (Å²) in [6.07, 6.45) is -0.685. The fourth-order valence-corrected chi connectivity index (χ4v) is 12.3. The summed E-state index contributed by atoms with van der Waals surface area (Å²) in [4.78, 5) is 158. The van der Waals surface area contributed by atoms with Gasteiger partial charge in [0.1, 0.15) is 24.2 Å². The summed E-state index contributed by atoms with van der Waals surface area (Å²) in [5.41, 5.74) is 16.9. The molecule has 3 aliphatic heterocycles. The van der Waals surface area contributed by atoms with Gasteiger partial charge >= 0.3 is 80.4 Å². The van der Waals surface area contributed by atoms with E-state index < -0.39 is 131 Å². The molecular formula is C63H82CuKN14O15S+3. The Morgan fingerprint density at radius 1 is 0.726 bits per heavy atom. The van der Waals surface area contributed by atoms with Crippen LogP contribution in [0.2, 0.25) is 0 Å². The molecular weight excluding hydrogens is 1330 g/mol. The number of aromatic nitrogens is 4. The van der Waals surface area contributed by atoms with Crippen molar-refractivity contribution < 1.29 is 139 Å². The normalized spacial score (nSPS) is 20.1. The van der Waals surface area contributed by atoms with Gasteiger partial charge in [-0.15, -0.1) is 0 Å². The number of hydrogen-bond acceptors (Lipinski definition) is 16. The molecule has 0 unspecified atom stereocenters. The molecule has 509 valence electrons. The predicted molar refractivity (Wildman–Crippen MR) is 342 cm³/mol. The van der Waals surface area contributed by atoms with E-state index in [0.29, 0.717) is 62.3 Å². The van der Waals surface area contributed by atoms with Crippen LogP contribution in [0.25, 0.3) is 22.1 Å². The number of hydrogen-bond donors (Lipinski definition) is 13. The number of aliphatic carboxylic acids is 1. The Labute approximate surface area is 602 Å². The molecule has 8 atom stereocenters. The van der Waals surface area contributed by atoms with Gasteiger partial charge < -0.3 is 68.5 Å². The summed E-state index contributed by atoms with van der Waals surface area (Å²) in [6.45, 7) is 9.71. The number of unbranched alkanes of at least 4 members (excludes halogenated alkanes) is 1. The van der Waals surface area contributed by atoms with Gasteiger partial charge in [-0.05, 0) is 94.2 Å². The van der Waals surface area contributed by atoms with Crippen LogP contribution in [-0.2, 0) is 83.1 Å². The molecule has 1 fully saturated rings. The van der Waals surface area contributed by atoms with Crippen LogP contribution in [-0.4, -0.2) is 166 Å². The third kappa shape index (κ3) is 21.0. The number of nitrogens with one attached hydrogen (secondary N) is 9. The van der Waals surface area contributed by atoms with Crippen molar-refractivity contribution in [3.63, 3.8) is 0 Å². The molecule has 15 N–H and O–H groups in total. The van der Waals surface area contributed by atoms with Crippen LogP contribution < -0.4 is 100 Å². The first-order chi connectivity index (χ1) is 44.1. The minimum atomic E-state index is -4.50. The monoisotopic (exact) mass is 1410 g/mol. The van der Waals surface area contributed by atoms with Crippen LogP contribution >= 0.6 is 0 Å². The second-order valence-corrected chi connectivity index (χ2v) is 25.1. The van der Waals surface area contributed by atoms with Gasteiger partial charge in [-0.3, -0.25) is 67.5 Å². The molecule has 3 aliphatic rings. The zero-order valence-electron chi connectivity index (χ0n) is 54.3. The topological polar surface area (TPSA) is 460 Å². The maximum Gasteiger partial charge on any atom is 2.00 e. The number of aliphatic imine (C=N–C) groups is 1. The average Bonchev–Trinajstić information content (AvgIpc) is 1.61. The number of guanidine groups is 1. The van der Waals surface area contributed by atoms with Crippen LogP contribution in [0.3, 0.4) is 0 Å².